The number of hydrogen-bond acceptors (Lipinski definition) is 3. The summed E-state index contributed by atoms with van der Waals surface area (Å²) >= 11 is 0. The van der Waals surface area contributed by atoms with Gasteiger partial charge in [-0.15, -0.1) is 0 Å². The molecular weight excluding hydrogens is 369 g/mol. The lowest BCUT2D eigenvalue weighted by molar-refractivity contribution is -0.288. The van der Waals surface area contributed by atoms with Crippen LogP contribution in [0.1, 0.15) is 22.7 Å². The summed E-state index contributed by atoms with van der Waals surface area (Å²) in [6.45, 7) is -1.32. The molecule has 0 radical (unpaired) electrons. The zero-order valence-corrected chi connectivity index (χ0v) is 14.0. The molecule has 0 spiro atoms. The fourth-order valence-electron chi connectivity index (χ4n) is 4.11. The minimum Gasteiger partial charge on any atom is -0.504 e. The number of phenolic OH excluding ortho intramolecular Hbond substituents is 2. The number of rotatable bonds is 2. The van der Waals surface area contributed by atoms with Crippen molar-refractivity contribution in [2.24, 2.45) is 0 Å². The van der Waals surface area contributed by atoms with Crippen LogP contribution in [0.15, 0.2) is 30.3 Å². The molecule has 4 rings (SSSR count). The maximum atomic E-state index is 13.7. The average Bonchev–Trinajstić information content (AvgIpc) is 2.59. The van der Waals surface area contributed by atoms with E-state index >= 15 is 0 Å². The van der Waals surface area contributed by atoms with Crippen molar-refractivity contribution < 1.29 is 32.2 Å². The van der Waals surface area contributed by atoms with E-state index in [1.807, 2.05) is 6.07 Å². The van der Waals surface area contributed by atoms with Crippen LogP contribution in [0.5, 0.6) is 11.5 Å². The first-order valence-electron chi connectivity index (χ1n) is 8.45. The van der Waals surface area contributed by atoms with E-state index in [0.717, 1.165) is 5.56 Å². The molecule has 3 nitrogen and oxygen atoms in total. The highest BCUT2D eigenvalue weighted by Crippen LogP contribution is 2.51. The molecule has 8 heteroatoms. The summed E-state index contributed by atoms with van der Waals surface area (Å²) in [7, 11) is 0. The van der Waals surface area contributed by atoms with Crippen molar-refractivity contribution in [2.75, 3.05) is 13.1 Å². The van der Waals surface area contributed by atoms with Crippen LogP contribution in [0.25, 0.3) is 11.1 Å². The SMILES string of the molecule is Oc1ccc2c(c1O)-c1cccc3c1[C@@H](C2)N(CC(F)(F)C(F)(F)F)CC3. The molecule has 1 atom stereocenters. The zero-order chi connectivity index (χ0) is 19.6. The predicted octanol–water partition coefficient (Wildman–Crippen LogP) is 4.42. The van der Waals surface area contributed by atoms with Crippen molar-refractivity contribution in [1.82, 2.24) is 4.90 Å². The van der Waals surface area contributed by atoms with Crippen molar-refractivity contribution in [3.63, 3.8) is 0 Å². The lowest BCUT2D eigenvalue weighted by Gasteiger charge is -2.43. The normalized spacial score (nSPS) is 19.5. The van der Waals surface area contributed by atoms with E-state index in [-0.39, 0.29) is 24.5 Å². The Bertz CT molecular complexity index is 910. The molecule has 0 saturated heterocycles. The van der Waals surface area contributed by atoms with Gasteiger partial charge in [0, 0.05) is 18.2 Å². The van der Waals surface area contributed by atoms with Gasteiger partial charge >= 0.3 is 12.1 Å². The van der Waals surface area contributed by atoms with Gasteiger partial charge in [0.1, 0.15) is 0 Å². The summed E-state index contributed by atoms with van der Waals surface area (Å²) in [5.41, 5.74) is 3.08. The van der Waals surface area contributed by atoms with Crippen LogP contribution in [0.4, 0.5) is 22.0 Å². The second-order valence-corrected chi connectivity index (χ2v) is 6.99. The van der Waals surface area contributed by atoms with Crippen LogP contribution in [-0.2, 0) is 12.8 Å². The van der Waals surface area contributed by atoms with E-state index in [4.69, 9.17) is 0 Å². The van der Waals surface area contributed by atoms with Crippen molar-refractivity contribution in [1.29, 1.82) is 0 Å². The molecule has 144 valence electrons. The lowest BCUT2D eigenvalue weighted by atomic mass is 9.76. The number of benzene rings is 2. The monoisotopic (exact) mass is 385 g/mol. The van der Waals surface area contributed by atoms with E-state index in [0.29, 0.717) is 28.7 Å². The Morgan fingerprint density at radius 2 is 1.74 bits per heavy atom. The van der Waals surface area contributed by atoms with Gasteiger partial charge in [0.15, 0.2) is 11.5 Å². The van der Waals surface area contributed by atoms with Gasteiger partial charge in [-0.25, -0.2) is 0 Å². The maximum Gasteiger partial charge on any atom is 0.454 e. The van der Waals surface area contributed by atoms with Gasteiger partial charge in [0.25, 0.3) is 0 Å². The lowest BCUT2D eigenvalue weighted by Crippen LogP contribution is -2.50. The van der Waals surface area contributed by atoms with Crippen molar-refractivity contribution in [2.45, 2.75) is 31.0 Å². The standard InChI is InChI=1S/C19H16F5NO2/c20-18(21,19(22,23)24)9-25-7-6-10-2-1-3-12-15(10)13(25)8-11-4-5-14(26)17(27)16(11)12/h1-5,13,26-27H,6-9H2/t13-/m1/s1. The van der Waals surface area contributed by atoms with Gasteiger partial charge in [0.05, 0.1) is 6.54 Å². The molecule has 2 N–H and O–H groups in total. The first kappa shape index (κ1) is 18.0. The van der Waals surface area contributed by atoms with Gasteiger partial charge in [-0.2, -0.15) is 22.0 Å². The molecule has 0 unspecified atom stereocenters. The fraction of sp³-hybridized carbons (Fsp3) is 0.368. The van der Waals surface area contributed by atoms with Crippen LogP contribution < -0.4 is 0 Å². The van der Waals surface area contributed by atoms with Gasteiger partial charge in [-0.05, 0) is 41.2 Å². The molecule has 1 heterocycles. The number of fused-ring (bicyclic) bond motifs is 2. The molecular formula is C19H16F5NO2. The quantitative estimate of drug-likeness (QED) is 0.594. The third kappa shape index (κ3) is 2.74. The molecule has 0 aromatic heterocycles. The summed E-state index contributed by atoms with van der Waals surface area (Å²) < 4.78 is 65.5. The summed E-state index contributed by atoms with van der Waals surface area (Å²) in [5, 5.41) is 20.1. The van der Waals surface area contributed by atoms with Gasteiger partial charge in [-0.3, -0.25) is 4.90 Å². The minimum atomic E-state index is -5.61. The number of halogens is 5. The largest absolute Gasteiger partial charge is 0.504 e. The number of alkyl halides is 5. The van der Waals surface area contributed by atoms with Gasteiger partial charge in [0.2, 0.25) is 0 Å². The van der Waals surface area contributed by atoms with E-state index in [1.54, 1.807) is 18.2 Å². The van der Waals surface area contributed by atoms with Crippen molar-refractivity contribution >= 4 is 0 Å². The Hall–Kier alpha value is -2.35. The summed E-state index contributed by atoms with van der Waals surface area (Å²) in [6, 6.07) is 7.47. The number of nitrogens with zero attached hydrogens (tertiary/aromatic N) is 1. The van der Waals surface area contributed by atoms with Gasteiger partial charge < -0.3 is 10.2 Å². The fourth-order valence-corrected chi connectivity index (χ4v) is 4.11. The van der Waals surface area contributed by atoms with Crippen molar-refractivity contribution in [3.05, 3.63) is 47.0 Å². The third-order valence-electron chi connectivity index (χ3n) is 5.38. The van der Waals surface area contributed by atoms with E-state index in [1.165, 1.54) is 11.0 Å². The Kier molecular flexibility index (Phi) is 3.89. The molecule has 0 fully saturated rings. The minimum absolute atomic E-state index is 0.0895. The molecule has 2 aromatic carbocycles. The number of aromatic hydroxyl groups is 2. The van der Waals surface area contributed by atoms with E-state index in [9.17, 15) is 32.2 Å². The number of hydrogen-bond donors (Lipinski definition) is 2. The van der Waals surface area contributed by atoms with Crippen LogP contribution in [0.2, 0.25) is 0 Å². The predicted molar refractivity (Wildman–Crippen MR) is 87.9 cm³/mol. The topological polar surface area (TPSA) is 43.7 Å². The van der Waals surface area contributed by atoms with Crippen LogP contribution >= 0.6 is 0 Å². The Balaban J connectivity index is 1.81. The Labute approximate surface area is 151 Å². The first-order valence-corrected chi connectivity index (χ1v) is 8.45. The molecule has 2 aromatic rings. The van der Waals surface area contributed by atoms with Gasteiger partial charge in [-0.1, -0.05) is 24.3 Å². The number of phenols is 2. The summed E-state index contributed by atoms with van der Waals surface area (Å²) in [4.78, 5) is 1.17. The molecule has 0 amide bonds. The molecule has 2 aliphatic rings. The maximum absolute atomic E-state index is 13.7. The van der Waals surface area contributed by atoms with Crippen LogP contribution in [0, 0.1) is 0 Å². The highest BCUT2D eigenvalue weighted by molar-refractivity contribution is 5.82. The summed E-state index contributed by atoms with van der Waals surface area (Å²) in [6.07, 6.45) is -5.09. The molecule has 1 aliphatic heterocycles. The van der Waals surface area contributed by atoms with Crippen molar-refractivity contribution in [3.8, 4) is 22.6 Å². The molecule has 0 saturated carbocycles. The average molecular weight is 385 g/mol. The Morgan fingerprint density at radius 1 is 1.00 bits per heavy atom. The first-order chi connectivity index (χ1) is 12.6. The zero-order valence-electron chi connectivity index (χ0n) is 14.0. The molecule has 0 bridgehead atoms. The van der Waals surface area contributed by atoms with Crippen LogP contribution in [0.3, 0.4) is 0 Å². The second kappa shape index (κ2) is 5.82. The smallest absolute Gasteiger partial charge is 0.454 e. The highest BCUT2D eigenvalue weighted by Gasteiger charge is 2.58. The molecule has 1 aliphatic carbocycles. The van der Waals surface area contributed by atoms with E-state index in [2.05, 4.69) is 0 Å². The third-order valence-corrected chi connectivity index (χ3v) is 5.38. The highest BCUT2D eigenvalue weighted by atomic mass is 19.4. The van der Waals surface area contributed by atoms with E-state index < -0.39 is 24.7 Å². The Morgan fingerprint density at radius 3 is 2.44 bits per heavy atom. The van der Waals surface area contributed by atoms with Crippen LogP contribution in [-0.4, -0.2) is 40.3 Å². The second-order valence-electron chi connectivity index (χ2n) is 6.99. The molecule has 27 heavy (non-hydrogen) atoms. The summed E-state index contributed by atoms with van der Waals surface area (Å²) in [5.74, 6) is -5.42.